The van der Waals surface area contributed by atoms with Crippen LogP contribution in [0, 0.1) is 5.92 Å². The highest BCUT2D eigenvalue weighted by molar-refractivity contribution is 7.98. The lowest BCUT2D eigenvalue weighted by molar-refractivity contribution is -0.141. The number of nitrogens with one attached hydrogen (secondary N) is 2. The van der Waals surface area contributed by atoms with E-state index in [1.54, 1.807) is 11.8 Å². The molecule has 7 heteroatoms. The molecule has 2 saturated heterocycles. The molecule has 1 aromatic carbocycles. The molecule has 2 aliphatic heterocycles. The molecule has 0 spiro atoms. The highest BCUT2D eigenvalue weighted by Crippen LogP contribution is 2.33. The van der Waals surface area contributed by atoms with E-state index in [0.29, 0.717) is 24.4 Å². The topological polar surface area (TPSA) is 67.4 Å². The van der Waals surface area contributed by atoms with Gasteiger partial charge in [-0.1, -0.05) is 12.1 Å². The molecule has 0 aromatic heterocycles. The van der Waals surface area contributed by atoms with Gasteiger partial charge in [0, 0.05) is 23.4 Å². The maximum Gasteiger partial charge on any atom is 0.307 e. The molecule has 1 amide bonds. The van der Waals surface area contributed by atoms with Crippen LogP contribution in [-0.2, 0) is 14.3 Å². The molecular weight excluding hydrogens is 384 g/mol. The minimum Gasteiger partial charge on any atom is -0.469 e. The van der Waals surface area contributed by atoms with Gasteiger partial charge in [-0.05, 0) is 55.6 Å². The highest BCUT2D eigenvalue weighted by Gasteiger charge is 2.34. The summed E-state index contributed by atoms with van der Waals surface area (Å²) in [4.78, 5) is 25.6. The molecule has 3 unspecified atom stereocenters. The van der Waals surface area contributed by atoms with Gasteiger partial charge in [-0.25, -0.2) is 0 Å². The summed E-state index contributed by atoms with van der Waals surface area (Å²) in [7, 11) is 1.38. The molecular formula is C20H29ClN2O3S. The van der Waals surface area contributed by atoms with Crippen LogP contribution in [0.2, 0.25) is 0 Å². The van der Waals surface area contributed by atoms with Gasteiger partial charge in [0.2, 0.25) is 5.91 Å². The van der Waals surface area contributed by atoms with Gasteiger partial charge >= 0.3 is 5.97 Å². The molecule has 2 bridgehead atoms. The van der Waals surface area contributed by atoms with Crippen LogP contribution in [0.15, 0.2) is 29.2 Å². The average Bonchev–Trinajstić information content (AvgIpc) is 2.99. The second-order valence-electron chi connectivity index (χ2n) is 7.35. The molecule has 2 heterocycles. The van der Waals surface area contributed by atoms with Crippen molar-refractivity contribution in [2.24, 2.45) is 5.92 Å². The number of hydrogen-bond donors (Lipinski definition) is 2. The first-order valence-electron chi connectivity index (χ1n) is 9.33. The Morgan fingerprint density at radius 2 is 1.85 bits per heavy atom. The molecule has 2 aliphatic rings. The van der Waals surface area contributed by atoms with E-state index in [1.165, 1.54) is 20.0 Å². The fraction of sp³-hybridized carbons (Fsp3) is 0.600. The minimum atomic E-state index is -0.343. The summed E-state index contributed by atoms with van der Waals surface area (Å²) in [5, 5.41) is 6.68. The van der Waals surface area contributed by atoms with Crippen LogP contribution in [0.4, 0.5) is 0 Å². The average molecular weight is 413 g/mol. The summed E-state index contributed by atoms with van der Waals surface area (Å²) in [5.74, 6) is 0.148. The predicted octanol–water partition coefficient (Wildman–Crippen LogP) is 3.47. The summed E-state index contributed by atoms with van der Waals surface area (Å²) in [6.45, 7) is 0. The maximum atomic E-state index is 12.6. The van der Waals surface area contributed by atoms with E-state index in [1.807, 2.05) is 30.5 Å². The molecule has 1 aromatic rings. The Balaban J connectivity index is 0.00000261. The number of fused-ring (bicyclic) bond motifs is 2. The lowest BCUT2D eigenvalue weighted by atomic mass is 9.89. The third kappa shape index (κ3) is 6.13. The second-order valence-corrected chi connectivity index (χ2v) is 8.23. The molecule has 0 radical (unpaired) electrons. The van der Waals surface area contributed by atoms with Crippen LogP contribution in [0.1, 0.15) is 50.1 Å². The van der Waals surface area contributed by atoms with Crippen molar-refractivity contribution in [1.82, 2.24) is 10.6 Å². The molecule has 3 atom stereocenters. The number of carbonyl (C=O) groups is 2. The van der Waals surface area contributed by atoms with Gasteiger partial charge in [-0.15, -0.1) is 24.2 Å². The van der Waals surface area contributed by atoms with Crippen LogP contribution in [0.5, 0.6) is 0 Å². The first kappa shape index (κ1) is 22.1. The van der Waals surface area contributed by atoms with Crippen molar-refractivity contribution in [3.63, 3.8) is 0 Å². The number of hydrogen-bond acceptors (Lipinski definition) is 5. The van der Waals surface area contributed by atoms with Crippen molar-refractivity contribution in [2.45, 2.75) is 61.5 Å². The Hall–Kier alpha value is -1.24. The second kappa shape index (κ2) is 10.3. The zero-order chi connectivity index (χ0) is 18.5. The van der Waals surface area contributed by atoms with Gasteiger partial charge in [0.25, 0.3) is 0 Å². The molecule has 5 nitrogen and oxygen atoms in total. The van der Waals surface area contributed by atoms with Crippen molar-refractivity contribution < 1.29 is 14.3 Å². The van der Waals surface area contributed by atoms with Gasteiger partial charge < -0.3 is 15.4 Å². The minimum absolute atomic E-state index is 0. The molecule has 150 valence electrons. The quantitative estimate of drug-likeness (QED) is 0.530. The number of ether oxygens (including phenoxy) is 1. The standard InChI is InChI=1S/C20H28N2O3S.ClH/c1-25-20(24)12-18(14-3-7-17(26-2)8-4-14)22-19(23)11-13-9-15-5-6-16(10-13)21-15;/h3-4,7-8,13,15-16,18,21H,5-6,9-12H2,1-2H3,(H,22,23);1H. The maximum absolute atomic E-state index is 12.6. The Bertz CT molecular complexity index is 629. The van der Waals surface area contributed by atoms with Crippen molar-refractivity contribution >= 4 is 36.0 Å². The van der Waals surface area contributed by atoms with Crippen molar-refractivity contribution in [3.05, 3.63) is 29.8 Å². The van der Waals surface area contributed by atoms with E-state index >= 15 is 0 Å². The Morgan fingerprint density at radius 3 is 2.41 bits per heavy atom. The number of carbonyl (C=O) groups excluding carboxylic acids is 2. The predicted molar refractivity (Wildman–Crippen MR) is 110 cm³/mol. The Kier molecular flexibility index (Phi) is 8.45. The first-order chi connectivity index (χ1) is 12.6. The van der Waals surface area contributed by atoms with E-state index in [4.69, 9.17) is 4.74 Å². The van der Waals surface area contributed by atoms with E-state index in [2.05, 4.69) is 10.6 Å². The lowest BCUT2D eigenvalue weighted by Gasteiger charge is -2.29. The Morgan fingerprint density at radius 1 is 1.22 bits per heavy atom. The van der Waals surface area contributed by atoms with Gasteiger partial charge in [0.1, 0.15) is 0 Å². The van der Waals surface area contributed by atoms with Crippen molar-refractivity contribution in [1.29, 1.82) is 0 Å². The van der Waals surface area contributed by atoms with Gasteiger partial charge in [0.05, 0.1) is 19.6 Å². The van der Waals surface area contributed by atoms with Gasteiger partial charge in [-0.2, -0.15) is 0 Å². The summed E-state index contributed by atoms with van der Waals surface area (Å²) >= 11 is 1.67. The molecule has 0 aliphatic carbocycles. The van der Waals surface area contributed by atoms with E-state index < -0.39 is 0 Å². The molecule has 27 heavy (non-hydrogen) atoms. The monoisotopic (exact) mass is 412 g/mol. The zero-order valence-electron chi connectivity index (χ0n) is 15.9. The van der Waals surface area contributed by atoms with Crippen LogP contribution in [-0.4, -0.2) is 37.3 Å². The smallest absolute Gasteiger partial charge is 0.307 e. The largest absolute Gasteiger partial charge is 0.469 e. The lowest BCUT2D eigenvalue weighted by Crippen LogP contribution is -2.40. The fourth-order valence-electron chi connectivity index (χ4n) is 4.20. The number of halogens is 1. The fourth-order valence-corrected chi connectivity index (χ4v) is 4.60. The zero-order valence-corrected chi connectivity index (χ0v) is 17.5. The van der Waals surface area contributed by atoms with E-state index in [-0.39, 0.29) is 36.7 Å². The summed E-state index contributed by atoms with van der Waals surface area (Å²) < 4.78 is 4.81. The number of methoxy groups -OCH3 is 1. The third-order valence-electron chi connectivity index (χ3n) is 5.50. The summed E-state index contributed by atoms with van der Waals surface area (Å²) in [6.07, 6.45) is 7.33. The summed E-state index contributed by atoms with van der Waals surface area (Å²) in [6, 6.07) is 8.80. The highest BCUT2D eigenvalue weighted by atomic mass is 35.5. The molecule has 2 N–H and O–H groups in total. The molecule has 3 rings (SSSR count). The van der Waals surface area contributed by atoms with E-state index in [9.17, 15) is 9.59 Å². The van der Waals surface area contributed by atoms with E-state index in [0.717, 1.165) is 23.3 Å². The number of thioether (sulfide) groups is 1. The van der Waals surface area contributed by atoms with Crippen molar-refractivity contribution in [2.75, 3.05) is 13.4 Å². The number of amides is 1. The first-order valence-corrected chi connectivity index (χ1v) is 10.6. The SMILES string of the molecule is COC(=O)CC(NC(=O)CC1CC2CCC(C1)N2)c1ccc(SC)cc1.Cl. The Labute approximate surface area is 171 Å². The van der Waals surface area contributed by atoms with Crippen LogP contribution < -0.4 is 10.6 Å². The normalized spacial score (nSPS) is 24.6. The number of rotatable bonds is 7. The summed E-state index contributed by atoms with van der Waals surface area (Å²) in [5.41, 5.74) is 0.937. The van der Waals surface area contributed by atoms with Gasteiger partial charge in [0.15, 0.2) is 0 Å². The third-order valence-corrected chi connectivity index (χ3v) is 6.24. The van der Waals surface area contributed by atoms with Gasteiger partial charge in [-0.3, -0.25) is 9.59 Å². The van der Waals surface area contributed by atoms with Crippen molar-refractivity contribution in [3.8, 4) is 0 Å². The number of esters is 1. The van der Waals surface area contributed by atoms with Crippen LogP contribution in [0.3, 0.4) is 0 Å². The van der Waals surface area contributed by atoms with Crippen LogP contribution in [0.25, 0.3) is 0 Å². The number of piperidine rings is 1. The van der Waals surface area contributed by atoms with Crippen LogP contribution >= 0.6 is 24.2 Å². The number of benzene rings is 1. The molecule has 2 fully saturated rings. The molecule has 0 saturated carbocycles.